The maximum Gasteiger partial charge on any atom is 0.333 e. The van der Waals surface area contributed by atoms with Crippen molar-refractivity contribution in [2.24, 2.45) is 10.7 Å². The maximum atomic E-state index is 13.9. The lowest BCUT2D eigenvalue weighted by atomic mass is 9.86. The van der Waals surface area contributed by atoms with Gasteiger partial charge in [0.15, 0.2) is 5.54 Å². The fraction of sp³-hybridized carbons (Fsp3) is 0.448. The quantitative estimate of drug-likeness (QED) is 0.149. The summed E-state index contributed by atoms with van der Waals surface area (Å²) in [6, 6.07) is 16.3. The van der Waals surface area contributed by atoms with E-state index in [4.69, 9.17) is 15.2 Å². The van der Waals surface area contributed by atoms with E-state index in [1.54, 1.807) is 52.0 Å². The van der Waals surface area contributed by atoms with E-state index in [2.05, 4.69) is 4.99 Å². The van der Waals surface area contributed by atoms with Gasteiger partial charge >= 0.3 is 5.97 Å². The van der Waals surface area contributed by atoms with Crippen molar-refractivity contribution >= 4 is 23.6 Å². The van der Waals surface area contributed by atoms with Gasteiger partial charge < -0.3 is 15.2 Å². The Balaban J connectivity index is 1.93. The third-order valence-corrected chi connectivity index (χ3v) is 6.13. The number of hydrogen-bond donors (Lipinski definition) is 1. The van der Waals surface area contributed by atoms with Crippen molar-refractivity contribution in [3.63, 3.8) is 0 Å². The number of benzene rings is 2. The summed E-state index contributed by atoms with van der Waals surface area (Å²) >= 11 is 0. The molecule has 2 aromatic rings. The molecule has 0 saturated heterocycles. The number of esters is 1. The van der Waals surface area contributed by atoms with Gasteiger partial charge in [-0.3, -0.25) is 19.5 Å². The molecule has 1 heterocycles. The van der Waals surface area contributed by atoms with Crippen LogP contribution >= 0.6 is 0 Å². The molecule has 8 nitrogen and oxygen atoms in total. The fourth-order valence-electron chi connectivity index (χ4n) is 4.39. The minimum absolute atomic E-state index is 0.111. The van der Waals surface area contributed by atoms with Crippen LogP contribution in [0.15, 0.2) is 59.6 Å². The zero-order valence-electron chi connectivity index (χ0n) is 22.2. The molecule has 0 fully saturated rings. The second-order valence-electron chi connectivity index (χ2n) is 10.3. The van der Waals surface area contributed by atoms with Crippen LogP contribution in [0.1, 0.15) is 79.7 Å². The molecule has 1 unspecified atom stereocenters. The Morgan fingerprint density at radius 3 is 2.08 bits per heavy atom. The van der Waals surface area contributed by atoms with Crippen LogP contribution in [-0.4, -0.2) is 52.8 Å². The zero-order chi connectivity index (χ0) is 27.1. The number of hydrogen-bond acceptors (Lipinski definition) is 6. The average Bonchev–Trinajstić information content (AvgIpc) is 3.10. The molecule has 37 heavy (non-hydrogen) atoms. The first-order valence-corrected chi connectivity index (χ1v) is 12.6. The van der Waals surface area contributed by atoms with Crippen molar-refractivity contribution < 1.29 is 23.9 Å². The van der Waals surface area contributed by atoms with Crippen molar-refractivity contribution in [1.29, 1.82) is 0 Å². The molecule has 0 bridgehead atoms. The summed E-state index contributed by atoms with van der Waals surface area (Å²) in [5.74, 6) is -1.12. The predicted octanol–water partition coefficient (Wildman–Crippen LogP) is 4.52. The standard InChI is InChI=1S/C29H37N3O5/c1-21(30)31-18-11-10-16-29(27(35)37-28(2,3)4,17-19-36-20-22-12-6-5-7-13-22)32-25(33)23-14-8-9-15-24(23)26(32)34/h5-9,12-15H,10-11,16-20H2,1-4H3,(H2,30,31). The van der Waals surface area contributed by atoms with Gasteiger partial charge in [0, 0.05) is 19.6 Å². The van der Waals surface area contributed by atoms with Gasteiger partial charge in [-0.2, -0.15) is 0 Å². The third kappa shape index (κ3) is 7.04. The van der Waals surface area contributed by atoms with Crippen molar-refractivity contribution in [3.05, 3.63) is 71.3 Å². The van der Waals surface area contributed by atoms with Gasteiger partial charge in [0.05, 0.1) is 23.6 Å². The number of fused-ring (bicyclic) bond motifs is 1. The lowest BCUT2D eigenvalue weighted by molar-refractivity contribution is -0.169. The molecule has 0 radical (unpaired) electrons. The Bertz CT molecular complexity index is 1100. The summed E-state index contributed by atoms with van der Waals surface area (Å²) < 4.78 is 11.8. The Labute approximate surface area is 218 Å². The van der Waals surface area contributed by atoms with Crippen LogP contribution in [0.2, 0.25) is 0 Å². The number of carbonyl (C=O) groups excluding carboxylic acids is 3. The van der Waals surface area contributed by atoms with Crippen molar-refractivity contribution in [1.82, 2.24) is 4.90 Å². The molecule has 0 spiro atoms. The van der Waals surface area contributed by atoms with E-state index in [-0.39, 0.29) is 30.6 Å². The number of rotatable bonds is 12. The van der Waals surface area contributed by atoms with Crippen LogP contribution in [0.25, 0.3) is 0 Å². The monoisotopic (exact) mass is 507 g/mol. The van der Waals surface area contributed by atoms with Crippen molar-refractivity contribution in [2.45, 2.75) is 71.1 Å². The molecule has 3 rings (SSSR count). The zero-order valence-corrected chi connectivity index (χ0v) is 22.2. The number of nitrogens with two attached hydrogens (primary N) is 1. The molecule has 2 amide bonds. The van der Waals surface area contributed by atoms with Gasteiger partial charge in [-0.25, -0.2) is 4.79 Å². The van der Waals surface area contributed by atoms with Crippen molar-refractivity contribution in [3.8, 4) is 0 Å². The van der Waals surface area contributed by atoms with Crippen LogP contribution in [0.5, 0.6) is 0 Å². The topological polar surface area (TPSA) is 111 Å². The second-order valence-corrected chi connectivity index (χ2v) is 10.3. The SMILES string of the molecule is CC(N)=NCCCCC(CCOCc1ccccc1)(C(=O)OC(C)(C)C)N1C(=O)c2ccccc2C1=O. The molecule has 0 aliphatic carbocycles. The molecule has 1 aliphatic heterocycles. The van der Waals surface area contributed by atoms with Crippen LogP contribution in [-0.2, 0) is 20.9 Å². The highest BCUT2D eigenvalue weighted by molar-refractivity contribution is 6.23. The maximum absolute atomic E-state index is 13.9. The first-order chi connectivity index (χ1) is 17.5. The second kappa shape index (κ2) is 12.1. The number of unbranched alkanes of at least 4 members (excludes halogenated alkanes) is 1. The van der Waals surface area contributed by atoms with Crippen molar-refractivity contribution in [2.75, 3.05) is 13.2 Å². The number of imide groups is 1. The highest BCUT2D eigenvalue weighted by Crippen LogP contribution is 2.37. The highest BCUT2D eigenvalue weighted by atomic mass is 16.6. The minimum Gasteiger partial charge on any atom is -0.458 e. The molecule has 0 saturated carbocycles. The van der Waals surface area contributed by atoms with E-state index >= 15 is 0 Å². The first-order valence-electron chi connectivity index (χ1n) is 12.6. The van der Waals surface area contributed by atoms with Gasteiger partial charge in [-0.15, -0.1) is 0 Å². The van der Waals surface area contributed by atoms with E-state index < -0.39 is 28.9 Å². The smallest absolute Gasteiger partial charge is 0.333 e. The normalized spacial score (nSPS) is 15.5. The lowest BCUT2D eigenvalue weighted by Gasteiger charge is -2.40. The van der Waals surface area contributed by atoms with E-state index in [1.807, 2.05) is 30.3 Å². The van der Waals surface area contributed by atoms with Crippen LogP contribution in [0, 0.1) is 0 Å². The van der Waals surface area contributed by atoms with E-state index in [1.165, 1.54) is 0 Å². The molecule has 1 atom stereocenters. The number of nitrogens with zero attached hydrogens (tertiary/aromatic N) is 2. The number of ether oxygens (including phenoxy) is 2. The molecular formula is C29H37N3O5. The van der Waals surface area contributed by atoms with E-state index in [0.29, 0.717) is 31.8 Å². The van der Waals surface area contributed by atoms with Gasteiger partial charge in [0.25, 0.3) is 11.8 Å². The Morgan fingerprint density at radius 2 is 1.51 bits per heavy atom. The Hall–Kier alpha value is -3.52. The summed E-state index contributed by atoms with van der Waals surface area (Å²) in [5, 5.41) is 0. The molecule has 8 heteroatoms. The highest BCUT2D eigenvalue weighted by Gasteiger charge is 2.54. The van der Waals surface area contributed by atoms with Crippen LogP contribution in [0.3, 0.4) is 0 Å². The van der Waals surface area contributed by atoms with E-state index in [9.17, 15) is 14.4 Å². The third-order valence-electron chi connectivity index (χ3n) is 6.13. The summed E-state index contributed by atoms with van der Waals surface area (Å²) in [5.41, 5.74) is 4.87. The Morgan fingerprint density at radius 1 is 0.919 bits per heavy atom. The predicted molar refractivity (Wildman–Crippen MR) is 142 cm³/mol. The number of carbonyl (C=O) groups is 3. The van der Waals surface area contributed by atoms with Crippen LogP contribution in [0.4, 0.5) is 0 Å². The van der Waals surface area contributed by atoms with Gasteiger partial charge in [-0.1, -0.05) is 42.5 Å². The summed E-state index contributed by atoms with van der Waals surface area (Å²) in [7, 11) is 0. The van der Waals surface area contributed by atoms with E-state index in [0.717, 1.165) is 10.5 Å². The molecule has 2 aromatic carbocycles. The van der Waals surface area contributed by atoms with Gasteiger partial charge in [-0.05, 0) is 64.7 Å². The number of amides is 2. The fourth-order valence-corrected chi connectivity index (χ4v) is 4.39. The average molecular weight is 508 g/mol. The van der Waals surface area contributed by atoms with Gasteiger partial charge in [0.2, 0.25) is 0 Å². The molecule has 2 N–H and O–H groups in total. The minimum atomic E-state index is -1.53. The molecule has 1 aliphatic rings. The Kier molecular flexibility index (Phi) is 9.21. The number of amidine groups is 1. The summed E-state index contributed by atoms with van der Waals surface area (Å²) in [6.45, 7) is 8.00. The molecular weight excluding hydrogens is 470 g/mol. The summed E-state index contributed by atoms with van der Waals surface area (Å²) in [6.07, 6.45) is 1.50. The largest absolute Gasteiger partial charge is 0.458 e. The molecule has 0 aromatic heterocycles. The van der Waals surface area contributed by atoms with Gasteiger partial charge in [0.1, 0.15) is 5.60 Å². The first kappa shape index (κ1) is 28.1. The summed E-state index contributed by atoms with van der Waals surface area (Å²) in [4.78, 5) is 46.4. The van der Waals surface area contributed by atoms with Crippen LogP contribution < -0.4 is 5.73 Å². The number of aliphatic imine (C=N–C) groups is 1. The molecule has 198 valence electrons. The lowest BCUT2D eigenvalue weighted by Crippen LogP contribution is -2.59.